The molecule has 1 aromatic carbocycles. The third-order valence-corrected chi connectivity index (χ3v) is 4.16. The van der Waals surface area contributed by atoms with Crippen molar-refractivity contribution in [2.45, 2.75) is 19.5 Å². The average molecular weight is 309 g/mol. The molecule has 0 spiro atoms. The maximum atomic E-state index is 12.8. The minimum absolute atomic E-state index is 0.0992. The third kappa shape index (κ3) is 3.54. The van der Waals surface area contributed by atoms with Gasteiger partial charge >= 0.3 is 0 Å². The zero-order chi connectivity index (χ0) is 16.2. The van der Waals surface area contributed by atoms with E-state index in [0.29, 0.717) is 6.54 Å². The number of fused-ring (bicyclic) bond motifs is 1. The minimum atomic E-state index is 0.0992. The van der Waals surface area contributed by atoms with Crippen molar-refractivity contribution in [1.82, 2.24) is 14.0 Å². The molecular weight excluding hydrogens is 286 g/mol. The van der Waals surface area contributed by atoms with Gasteiger partial charge in [0.1, 0.15) is 5.52 Å². The summed E-state index contributed by atoms with van der Waals surface area (Å²) in [5.41, 5.74) is 2.16. The Morgan fingerprint density at radius 2 is 1.61 bits per heavy atom. The summed E-state index contributed by atoms with van der Waals surface area (Å²) in [7, 11) is 4.09. The van der Waals surface area contributed by atoms with Crippen LogP contribution >= 0.6 is 0 Å². The Balaban J connectivity index is 1.85. The van der Waals surface area contributed by atoms with Gasteiger partial charge in [-0.05, 0) is 38.2 Å². The van der Waals surface area contributed by atoms with Gasteiger partial charge in [-0.15, -0.1) is 0 Å². The third-order valence-electron chi connectivity index (χ3n) is 4.16. The fraction of sp³-hybridized carbons (Fsp3) is 0.316. The van der Waals surface area contributed by atoms with Gasteiger partial charge in [0.25, 0.3) is 5.56 Å². The zero-order valence-electron chi connectivity index (χ0n) is 13.8. The van der Waals surface area contributed by atoms with E-state index >= 15 is 0 Å². The Hall–Kier alpha value is -2.33. The van der Waals surface area contributed by atoms with Crippen LogP contribution in [0.15, 0.2) is 59.7 Å². The van der Waals surface area contributed by atoms with E-state index in [1.54, 1.807) is 0 Å². The van der Waals surface area contributed by atoms with Crippen molar-refractivity contribution in [3.63, 3.8) is 0 Å². The predicted molar refractivity (Wildman–Crippen MR) is 94.9 cm³/mol. The second-order valence-electron chi connectivity index (χ2n) is 6.17. The SMILES string of the molecule is CN(C)CCn1ccc2ccn(CCc3ccccc3)c(=O)c21. The van der Waals surface area contributed by atoms with E-state index in [1.807, 2.05) is 61.4 Å². The van der Waals surface area contributed by atoms with Crippen molar-refractivity contribution in [2.75, 3.05) is 20.6 Å². The molecule has 0 bridgehead atoms. The number of rotatable bonds is 6. The molecule has 2 heterocycles. The number of aromatic nitrogens is 2. The van der Waals surface area contributed by atoms with Gasteiger partial charge in [-0.1, -0.05) is 30.3 Å². The molecule has 0 N–H and O–H groups in total. The van der Waals surface area contributed by atoms with Gasteiger partial charge < -0.3 is 14.0 Å². The van der Waals surface area contributed by atoms with Gasteiger partial charge in [0.2, 0.25) is 0 Å². The highest BCUT2D eigenvalue weighted by Gasteiger charge is 2.08. The van der Waals surface area contributed by atoms with E-state index in [2.05, 4.69) is 21.6 Å². The van der Waals surface area contributed by atoms with Gasteiger partial charge in [-0.25, -0.2) is 0 Å². The van der Waals surface area contributed by atoms with Crippen molar-refractivity contribution in [1.29, 1.82) is 0 Å². The molecule has 0 aliphatic heterocycles. The zero-order valence-corrected chi connectivity index (χ0v) is 13.8. The van der Waals surface area contributed by atoms with Crippen molar-refractivity contribution in [3.05, 3.63) is 70.8 Å². The van der Waals surface area contributed by atoms with Crippen LogP contribution in [0.1, 0.15) is 5.56 Å². The first-order valence-electron chi connectivity index (χ1n) is 8.02. The number of hydrogen-bond acceptors (Lipinski definition) is 2. The molecule has 0 amide bonds. The molecule has 0 aliphatic rings. The van der Waals surface area contributed by atoms with Crippen LogP contribution in [0, 0.1) is 0 Å². The van der Waals surface area contributed by atoms with E-state index in [0.717, 1.165) is 30.4 Å². The quantitative estimate of drug-likeness (QED) is 0.700. The molecular formula is C19H23N3O. The van der Waals surface area contributed by atoms with Gasteiger partial charge in [-0.2, -0.15) is 0 Å². The molecule has 0 unspecified atom stereocenters. The second-order valence-corrected chi connectivity index (χ2v) is 6.17. The first-order valence-corrected chi connectivity index (χ1v) is 8.02. The Morgan fingerprint density at radius 1 is 0.913 bits per heavy atom. The normalized spacial score (nSPS) is 11.4. The van der Waals surface area contributed by atoms with Crippen molar-refractivity contribution >= 4 is 10.9 Å². The lowest BCUT2D eigenvalue weighted by atomic mass is 10.1. The summed E-state index contributed by atoms with van der Waals surface area (Å²) in [6, 6.07) is 14.3. The van der Waals surface area contributed by atoms with E-state index < -0.39 is 0 Å². The molecule has 0 aliphatic carbocycles. The number of nitrogens with zero attached hydrogens (tertiary/aromatic N) is 3. The van der Waals surface area contributed by atoms with E-state index in [9.17, 15) is 4.79 Å². The van der Waals surface area contributed by atoms with Crippen LogP contribution in [-0.2, 0) is 19.5 Å². The summed E-state index contributed by atoms with van der Waals surface area (Å²) in [5.74, 6) is 0. The first kappa shape index (κ1) is 15.6. The molecule has 3 aromatic rings. The van der Waals surface area contributed by atoms with Crippen molar-refractivity contribution in [2.24, 2.45) is 0 Å². The first-order chi connectivity index (χ1) is 11.1. The maximum Gasteiger partial charge on any atom is 0.275 e. The number of hydrogen-bond donors (Lipinski definition) is 0. The lowest BCUT2D eigenvalue weighted by Gasteiger charge is -2.12. The molecule has 23 heavy (non-hydrogen) atoms. The van der Waals surface area contributed by atoms with E-state index in [4.69, 9.17) is 0 Å². The van der Waals surface area contributed by atoms with Crippen LogP contribution in [-0.4, -0.2) is 34.7 Å². The van der Waals surface area contributed by atoms with Crippen LogP contribution in [0.25, 0.3) is 10.9 Å². The lowest BCUT2D eigenvalue weighted by molar-refractivity contribution is 0.386. The second kappa shape index (κ2) is 6.84. The van der Waals surface area contributed by atoms with Gasteiger partial charge in [0.05, 0.1) is 0 Å². The average Bonchev–Trinajstić information content (AvgIpc) is 2.97. The Labute approximate surface area is 136 Å². The molecule has 2 aromatic heterocycles. The molecule has 0 atom stereocenters. The standard InChI is InChI=1S/C19H23N3O/c1-20(2)14-15-21-12-9-17-10-13-22(19(23)18(17)21)11-8-16-6-4-3-5-7-16/h3-7,9-10,12-13H,8,11,14-15H2,1-2H3. The van der Waals surface area contributed by atoms with Gasteiger partial charge in [-0.3, -0.25) is 4.79 Å². The fourth-order valence-electron chi connectivity index (χ4n) is 2.81. The lowest BCUT2D eigenvalue weighted by Crippen LogP contribution is -2.24. The summed E-state index contributed by atoms with van der Waals surface area (Å²) >= 11 is 0. The smallest absolute Gasteiger partial charge is 0.275 e. The molecule has 4 heteroatoms. The van der Waals surface area contributed by atoms with E-state index in [1.165, 1.54) is 5.56 Å². The number of likely N-dealkylation sites (N-methyl/N-ethyl adjacent to an activating group) is 1. The van der Waals surface area contributed by atoms with Crippen LogP contribution < -0.4 is 5.56 Å². The number of benzene rings is 1. The van der Waals surface area contributed by atoms with Gasteiger partial charge in [0, 0.05) is 37.4 Å². The summed E-state index contributed by atoms with van der Waals surface area (Å²) in [4.78, 5) is 14.9. The van der Waals surface area contributed by atoms with Crippen LogP contribution in [0.3, 0.4) is 0 Å². The maximum absolute atomic E-state index is 12.8. The highest BCUT2D eigenvalue weighted by molar-refractivity contribution is 5.78. The van der Waals surface area contributed by atoms with Crippen LogP contribution in [0.5, 0.6) is 0 Å². The molecule has 0 fully saturated rings. The number of aryl methyl sites for hydroxylation is 2. The summed E-state index contributed by atoms with van der Waals surface area (Å²) in [6.45, 7) is 2.45. The molecule has 0 radical (unpaired) electrons. The molecule has 120 valence electrons. The largest absolute Gasteiger partial charge is 0.342 e. The highest BCUT2D eigenvalue weighted by Crippen LogP contribution is 2.12. The van der Waals surface area contributed by atoms with Crippen LogP contribution in [0.4, 0.5) is 0 Å². The Bertz CT molecular complexity index is 831. The van der Waals surface area contributed by atoms with Crippen molar-refractivity contribution in [3.8, 4) is 0 Å². The molecule has 4 nitrogen and oxygen atoms in total. The minimum Gasteiger partial charge on any atom is -0.342 e. The summed E-state index contributed by atoms with van der Waals surface area (Å²) < 4.78 is 3.89. The van der Waals surface area contributed by atoms with Gasteiger partial charge in [0.15, 0.2) is 0 Å². The van der Waals surface area contributed by atoms with E-state index in [-0.39, 0.29) is 5.56 Å². The Morgan fingerprint density at radius 3 is 2.30 bits per heavy atom. The Kier molecular flexibility index (Phi) is 4.63. The topological polar surface area (TPSA) is 30.2 Å². The fourth-order valence-corrected chi connectivity index (χ4v) is 2.81. The summed E-state index contributed by atoms with van der Waals surface area (Å²) in [6.07, 6.45) is 4.78. The van der Waals surface area contributed by atoms with Crippen LogP contribution in [0.2, 0.25) is 0 Å². The molecule has 0 saturated heterocycles. The predicted octanol–water partition coefficient (Wildman–Crippen LogP) is 2.61. The monoisotopic (exact) mass is 309 g/mol. The summed E-state index contributed by atoms with van der Waals surface area (Å²) in [5, 5.41) is 1.02. The molecule has 0 saturated carbocycles. The van der Waals surface area contributed by atoms with Crippen molar-refractivity contribution < 1.29 is 0 Å². The molecule has 3 rings (SSSR count). The number of pyridine rings is 1. The highest BCUT2D eigenvalue weighted by atomic mass is 16.1.